The third kappa shape index (κ3) is 4.50. The van der Waals surface area contributed by atoms with Crippen LogP contribution >= 0.6 is 23.4 Å². The number of rotatable bonds is 6. The van der Waals surface area contributed by atoms with Gasteiger partial charge in [-0.05, 0) is 53.2 Å². The highest BCUT2D eigenvalue weighted by Crippen LogP contribution is 2.34. The number of nitrogens with zero attached hydrogens (tertiary/aromatic N) is 1. The maximum Gasteiger partial charge on any atom is 0.294 e. The molecule has 2 amide bonds. The van der Waals surface area contributed by atoms with Gasteiger partial charge in [0.1, 0.15) is 6.61 Å². The van der Waals surface area contributed by atoms with E-state index in [-0.39, 0.29) is 11.8 Å². The molecule has 1 fully saturated rings. The second-order valence-electron chi connectivity index (χ2n) is 5.80. The van der Waals surface area contributed by atoms with E-state index in [2.05, 4.69) is 5.92 Å². The second-order valence-corrected chi connectivity index (χ2v) is 7.23. The topological polar surface area (TPSA) is 55.8 Å². The number of hydrogen-bond acceptors (Lipinski definition) is 5. The van der Waals surface area contributed by atoms with Gasteiger partial charge in [-0.2, -0.15) is 0 Å². The van der Waals surface area contributed by atoms with E-state index in [4.69, 9.17) is 27.5 Å². The zero-order valence-corrected chi connectivity index (χ0v) is 16.5. The molecule has 28 heavy (non-hydrogen) atoms. The summed E-state index contributed by atoms with van der Waals surface area (Å²) in [6.45, 7) is 0.320. The predicted octanol–water partition coefficient (Wildman–Crippen LogP) is 4.60. The Balaban J connectivity index is 1.76. The highest BCUT2D eigenvalue weighted by atomic mass is 35.5. The summed E-state index contributed by atoms with van der Waals surface area (Å²) in [5.74, 6) is 3.00. The second kappa shape index (κ2) is 8.87. The lowest BCUT2D eigenvalue weighted by atomic mass is 10.1. The standard InChI is InChI=1S/C21H16ClNO4S/c1-3-10-23-20(24)19(28-21(23)25)12-15-6-9-17(18(11-15)26-2)27-13-14-4-7-16(22)8-5-14/h1,4-9,11-12H,10,13H2,2H3/b19-12+. The number of ether oxygens (including phenoxy) is 2. The first kappa shape index (κ1) is 19.9. The molecule has 7 heteroatoms. The molecule has 3 rings (SSSR count). The third-order valence-corrected chi connectivity index (χ3v) is 5.08. The van der Waals surface area contributed by atoms with Gasteiger partial charge >= 0.3 is 0 Å². The fourth-order valence-electron chi connectivity index (χ4n) is 2.51. The van der Waals surface area contributed by atoms with Crippen LogP contribution in [0.25, 0.3) is 6.08 Å². The molecule has 5 nitrogen and oxygen atoms in total. The molecule has 0 aliphatic carbocycles. The summed E-state index contributed by atoms with van der Waals surface area (Å²) >= 11 is 6.75. The van der Waals surface area contributed by atoms with Gasteiger partial charge in [0.2, 0.25) is 0 Å². The number of benzene rings is 2. The molecule has 2 aromatic carbocycles. The zero-order chi connectivity index (χ0) is 20.1. The molecule has 142 valence electrons. The largest absolute Gasteiger partial charge is 0.493 e. The van der Waals surface area contributed by atoms with Crippen LogP contribution in [0.3, 0.4) is 0 Å². The molecule has 0 radical (unpaired) electrons. The van der Waals surface area contributed by atoms with Gasteiger partial charge in [0.05, 0.1) is 18.6 Å². The molecule has 1 saturated heterocycles. The Morgan fingerprint density at radius 1 is 1.18 bits per heavy atom. The fourth-order valence-corrected chi connectivity index (χ4v) is 3.48. The normalized spacial score (nSPS) is 15.0. The van der Waals surface area contributed by atoms with Gasteiger partial charge in [0, 0.05) is 5.02 Å². The van der Waals surface area contributed by atoms with Gasteiger partial charge < -0.3 is 9.47 Å². The highest BCUT2D eigenvalue weighted by Gasteiger charge is 2.34. The Labute approximate surface area is 172 Å². The van der Waals surface area contributed by atoms with Crippen LogP contribution in [0.5, 0.6) is 11.5 Å². The molecule has 1 aliphatic heterocycles. The maximum absolute atomic E-state index is 12.3. The molecular weight excluding hydrogens is 398 g/mol. The Hall–Kier alpha value is -2.88. The van der Waals surface area contributed by atoms with Gasteiger partial charge in [-0.3, -0.25) is 14.5 Å². The van der Waals surface area contributed by atoms with Crippen LogP contribution in [0.2, 0.25) is 5.02 Å². The van der Waals surface area contributed by atoms with E-state index >= 15 is 0 Å². The van der Waals surface area contributed by atoms with Crippen LogP contribution in [-0.2, 0) is 11.4 Å². The highest BCUT2D eigenvalue weighted by molar-refractivity contribution is 8.18. The number of amides is 2. The Morgan fingerprint density at radius 2 is 1.93 bits per heavy atom. The summed E-state index contributed by atoms with van der Waals surface area (Å²) in [5.41, 5.74) is 1.68. The Kier molecular flexibility index (Phi) is 6.30. The minimum Gasteiger partial charge on any atom is -0.493 e. The van der Waals surface area contributed by atoms with Crippen molar-refractivity contribution in [3.05, 3.63) is 63.5 Å². The molecule has 0 unspecified atom stereocenters. The van der Waals surface area contributed by atoms with Gasteiger partial charge in [0.25, 0.3) is 11.1 Å². The van der Waals surface area contributed by atoms with Gasteiger partial charge in [-0.15, -0.1) is 6.42 Å². The van der Waals surface area contributed by atoms with Crippen molar-refractivity contribution in [1.82, 2.24) is 4.90 Å². The Bertz CT molecular complexity index is 979. The number of methoxy groups -OCH3 is 1. The average Bonchev–Trinajstić information content (AvgIpc) is 2.96. The fraction of sp³-hybridized carbons (Fsp3) is 0.143. The maximum atomic E-state index is 12.3. The van der Waals surface area contributed by atoms with E-state index in [1.54, 1.807) is 36.4 Å². The summed E-state index contributed by atoms with van der Waals surface area (Å²) in [7, 11) is 1.54. The number of carbonyl (C=O) groups excluding carboxylic acids is 2. The van der Waals surface area contributed by atoms with Crippen molar-refractivity contribution in [2.24, 2.45) is 0 Å². The minimum absolute atomic E-state index is 0.0389. The zero-order valence-electron chi connectivity index (χ0n) is 15.0. The van der Waals surface area contributed by atoms with Crippen molar-refractivity contribution in [3.8, 4) is 23.8 Å². The molecule has 2 aromatic rings. The average molecular weight is 414 g/mol. The summed E-state index contributed by atoms with van der Waals surface area (Å²) in [5, 5.41) is 0.293. The number of terminal acetylenes is 1. The van der Waals surface area contributed by atoms with E-state index in [1.165, 1.54) is 7.11 Å². The first-order valence-corrected chi connectivity index (χ1v) is 9.45. The van der Waals surface area contributed by atoms with Crippen molar-refractivity contribution in [2.45, 2.75) is 6.61 Å². The quantitative estimate of drug-likeness (QED) is 0.511. The lowest BCUT2D eigenvalue weighted by Gasteiger charge is -2.12. The van der Waals surface area contributed by atoms with Crippen LogP contribution < -0.4 is 9.47 Å². The smallest absolute Gasteiger partial charge is 0.294 e. The van der Waals surface area contributed by atoms with E-state index in [0.29, 0.717) is 33.6 Å². The third-order valence-electron chi connectivity index (χ3n) is 3.92. The lowest BCUT2D eigenvalue weighted by molar-refractivity contribution is -0.122. The van der Waals surface area contributed by atoms with Crippen molar-refractivity contribution < 1.29 is 19.1 Å². The summed E-state index contributed by atoms with van der Waals surface area (Å²) in [6, 6.07) is 12.7. The Morgan fingerprint density at radius 3 is 2.61 bits per heavy atom. The first-order chi connectivity index (χ1) is 13.5. The lowest BCUT2D eigenvalue weighted by Crippen LogP contribution is -2.28. The number of hydrogen-bond donors (Lipinski definition) is 0. The van der Waals surface area contributed by atoms with E-state index in [9.17, 15) is 9.59 Å². The van der Waals surface area contributed by atoms with Gasteiger partial charge in [-0.25, -0.2) is 0 Å². The van der Waals surface area contributed by atoms with Crippen molar-refractivity contribution >= 4 is 40.6 Å². The number of thioether (sulfide) groups is 1. The number of carbonyl (C=O) groups is 2. The van der Waals surface area contributed by atoms with Gasteiger partial charge in [0.15, 0.2) is 11.5 Å². The van der Waals surface area contributed by atoms with E-state index in [0.717, 1.165) is 22.2 Å². The van der Waals surface area contributed by atoms with Crippen LogP contribution in [-0.4, -0.2) is 29.7 Å². The number of halogens is 1. The van der Waals surface area contributed by atoms with Crippen LogP contribution in [0.15, 0.2) is 47.4 Å². The molecule has 0 spiro atoms. The minimum atomic E-state index is -0.394. The van der Waals surface area contributed by atoms with Crippen molar-refractivity contribution in [1.29, 1.82) is 0 Å². The molecule has 0 aromatic heterocycles. The van der Waals surface area contributed by atoms with Crippen molar-refractivity contribution in [2.75, 3.05) is 13.7 Å². The van der Waals surface area contributed by atoms with Crippen LogP contribution in [0.4, 0.5) is 4.79 Å². The van der Waals surface area contributed by atoms with E-state index in [1.807, 2.05) is 12.1 Å². The first-order valence-electron chi connectivity index (χ1n) is 8.26. The number of imide groups is 1. The van der Waals surface area contributed by atoms with E-state index < -0.39 is 5.91 Å². The van der Waals surface area contributed by atoms with Crippen LogP contribution in [0.1, 0.15) is 11.1 Å². The molecule has 1 aliphatic rings. The molecule has 0 atom stereocenters. The molecule has 1 heterocycles. The summed E-state index contributed by atoms with van der Waals surface area (Å²) < 4.78 is 11.2. The molecule has 0 saturated carbocycles. The molecular formula is C21H16ClNO4S. The predicted molar refractivity (Wildman–Crippen MR) is 110 cm³/mol. The SMILES string of the molecule is C#CCN1C(=O)S/C(=C/c2ccc(OCc3ccc(Cl)cc3)c(OC)c2)C1=O. The molecule has 0 N–H and O–H groups in total. The monoisotopic (exact) mass is 413 g/mol. The summed E-state index contributed by atoms with van der Waals surface area (Å²) in [6.07, 6.45) is 6.83. The van der Waals surface area contributed by atoms with Gasteiger partial charge in [-0.1, -0.05) is 35.7 Å². The molecule has 0 bridgehead atoms. The van der Waals surface area contributed by atoms with Crippen LogP contribution in [0, 0.1) is 12.3 Å². The van der Waals surface area contributed by atoms with Crippen molar-refractivity contribution in [3.63, 3.8) is 0 Å². The summed E-state index contributed by atoms with van der Waals surface area (Å²) in [4.78, 5) is 25.5.